The third-order valence-electron chi connectivity index (χ3n) is 1.92. The lowest BCUT2D eigenvalue weighted by Gasteiger charge is -2.07. The maximum absolute atomic E-state index is 11.5. The van der Waals surface area contributed by atoms with E-state index in [1.807, 2.05) is 25.1 Å². The van der Waals surface area contributed by atoms with Gasteiger partial charge in [-0.15, -0.1) is 0 Å². The average molecular weight is 217 g/mol. The summed E-state index contributed by atoms with van der Waals surface area (Å²) in [4.78, 5) is 11.5. The minimum Gasteiger partial charge on any atom is -0.495 e. The molecule has 0 unspecified atom stereocenters. The molecule has 0 aliphatic heterocycles. The summed E-state index contributed by atoms with van der Waals surface area (Å²) in [5.74, 6) is 0.470. The van der Waals surface area contributed by atoms with Crippen molar-refractivity contribution in [2.45, 2.75) is 6.92 Å². The second kappa shape index (κ2) is 6.45. The molecule has 0 bridgehead atoms. The van der Waals surface area contributed by atoms with Crippen LogP contribution in [0.25, 0.3) is 0 Å². The van der Waals surface area contributed by atoms with Crippen molar-refractivity contribution >= 4 is 11.6 Å². The number of anilines is 1. The van der Waals surface area contributed by atoms with E-state index in [-0.39, 0.29) is 5.91 Å². The number of rotatable bonds is 4. The number of carbonyl (C=O) groups excluding carboxylic acids is 1. The van der Waals surface area contributed by atoms with E-state index in [0.29, 0.717) is 11.4 Å². The zero-order chi connectivity index (χ0) is 11.8. The maximum Gasteiger partial charge on any atom is 0.248 e. The van der Waals surface area contributed by atoms with E-state index in [1.54, 1.807) is 31.4 Å². The molecule has 0 aromatic heterocycles. The topological polar surface area (TPSA) is 38.3 Å². The molecule has 0 radical (unpaired) electrons. The highest BCUT2D eigenvalue weighted by Gasteiger charge is 2.02. The largest absolute Gasteiger partial charge is 0.495 e. The van der Waals surface area contributed by atoms with Crippen molar-refractivity contribution in [2.75, 3.05) is 12.4 Å². The number of hydrogen-bond donors (Lipinski definition) is 1. The summed E-state index contributed by atoms with van der Waals surface area (Å²) in [7, 11) is 1.57. The molecule has 1 N–H and O–H groups in total. The van der Waals surface area contributed by atoms with Gasteiger partial charge < -0.3 is 10.1 Å². The Morgan fingerprint density at radius 3 is 2.75 bits per heavy atom. The molecule has 0 fully saturated rings. The van der Waals surface area contributed by atoms with E-state index in [1.165, 1.54) is 6.08 Å². The van der Waals surface area contributed by atoms with Crippen LogP contribution in [-0.4, -0.2) is 13.0 Å². The average Bonchev–Trinajstić information content (AvgIpc) is 2.30. The molecule has 1 rings (SSSR count). The lowest BCUT2D eigenvalue weighted by molar-refractivity contribution is -0.111. The Bertz CT molecular complexity index is 408. The Labute approximate surface area is 95.4 Å². The molecule has 16 heavy (non-hydrogen) atoms. The SMILES string of the molecule is C/C=C/C=C/C(=O)Nc1ccccc1OC. The van der Waals surface area contributed by atoms with Gasteiger partial charge in [0.1, 0.15) is 5.75 Å². The van der Waals surface area contributed by atoms with Gasteiger partial charge >= 0.3 is 0 Å². The molecule has 84 valence electrons. The molecule has 3 nitrogen and oxygen atoms in total. The lowest BCUT2D eigenvalue weighted by atomic mass is 10.3. The van der Waals surface area contributed by atoms with Gasteiger partial charge in [0, 0.05) is 6.08 Å². The minimum absolute atomic E-state index is 0.178. The van der Waals surface area contributed by atoms with Gasteiger partial charge in [-0.05, 0) is 19.1 Å². The molecule has 0 saturated heterocycles. The van der Waals surface area contributed by atoms with Gasteiger partial charge in [0.15, 0.2) is 0 Å². The predicted molar refractivity (Wildman–Crippen MR) is 65.6 cm³/mol. The van der Waals surface area contributed by atoms with Crippen LogP contribution in [0.2, 0.25) is 0 Å². The van der Waals surface area contributed by atoms with Crippen molar-refractivity contribution in [1.29, 1.82) is 0 Å². The first-order chi connectivity index (χ1) is 7.77. The molecule has 1 amide bonds. The number of ether oxygens (including phenoxy) is 1. The number of allylic oxidation sites excluding steroid dienone is 3. The van der Waals surface area contributed by atoms with Crippen LogP contribution in [0.1, 0.15) is 6.92 Å². The Morgan fingerprint density at radius 2 is 2.06 bits per heavy atom. The Hall–Kier alpha value is -2.03. The van der Waals surface area contributed by atoms with Crippen LogP contribution in [-0.2, 0) is 4.79 Å². The van der Waals surface area contributed by atoms with Crippen molar-refractivity contribution < 1.29 is 9.53 Å². The number of methoxy groups -OCH3 is 1. The second-order valence-electron chi connectivity index (χ2n) is 3.07. The van der Waals surface area contributed by atoms with Crippen LogP contribution in [0.5, 0.6) is 5.75 Å². The molecule has 0 heterocycles. The van der Waals surface area contributed by atoms with Crippen LogP contribution in [0.3, 0.4) is 0 Å². The van der Waals surface area contributed by atoms with Crippen LogP contribution in [0.15, 0.2) is 48.6 Å². The van der Waals surface area contributed by atoms with Crippen LogP contribution in [0, 0.1) is 0 Å². The molecule has 0 aliphatic carbocycles. The Balaban J connectivity index is 2.69. The summed E-state index contributed by atoms with van der Waals surface area (Å²) in [6.07, 6.45) is 6.80. The van der Waals surface area contributed by atoms with E-state index < -0.39 is 0 Å². The molecule has 0 spiro atoms. The first kappa shape index (κ1) is 12.0. The van der Waals surface area contributed by atoms with Crippen molar-refractivity contribution in [3.05, 3.63) is 48.6 Å². The molecule has 0 atom stereocenters. The Morgan fingerprint density at radius 1 is 1.31 bits per heavy atom. The van der Waals surface area contributed by atoms with Crippen molar-refractivity contribution in [3.8, 4) is 5.75 Å². The van der Waals surface area contributed by atoms with Gasteiger partial charge in [-0.25, -0.2) is 0 Å². The number of amides is 1. The molecule has 1 aromatic rings. The fourth-order valence-electron chi connectivity index (χ4n) is 1.18. The maximum atomic E-state index is 11.5. The molecule has 0 aliphatic rings. The van der Waals surface area contributed by atoms with Crippen molar-refractivity contribution in [3.63, 3.8) is 0 Å². The molecular formula is C13H15NO2. The highest BCUT2D eigenvalue weighted by Crippen LogP contribution is 2.22. The second-order valence-corrected chi connectivity index (χ2v) is 3.07. The van der Waals surface area contributed by atoms with E-state index in [4.69, 9.17) is 4.74 Å². The summed E-state index contributed by atoms with van der Waals surface area (Å²) < 4.78 is 5.12. The summed E-state index contributed by atoms with van der Waals surface area (Å²) in [5, 5.41) is 2.74. The van der Waals surface area contributed by atoms with E-state index in [2.05, 4.69) is 5.32 Å². The normalized spacial score (nSPS) is 10.9. The summed E-state index contributed by atoms with van der Waals surface area (Å²) in [6.45, 7) is 1.89. The number of hydrogen-bond acceptors (Lipinski definition) is 2. The highest BCUT2D eigenvalue weighted by molar-refractivity contribution is 6.00. The van der Waals surface area contributed by atoms with Gasteiger partial charge in [0.05, 0.1) is 12.8 Å². The predicted octanol–water partition coefficient (Wildman–Crippen LogP) is 2.77. The highest BCUT2D eigenvalue weighted by atomic mass is 16.5. The van der Waals surface area contributed by atoms with Crippen molar-refractivity contribution in [2.24, 2.45) is 0 Å². The van der Waals surface area contributed by atoms with Gasteiger partial charge in [0.25, 0.3) is 0 Å². The minimum atomic E-state index is -0.178. The molecule has 0 saturated carbocycles. The third kappa shape index (κ3) is 3.61. The summed E-state index contributed by atoms with van der Waals surface area (Å²) in [5.41, 5.74) is 0.667. The third-order valence-corrected chi connectivity index (χ3v) is 1.92. The summed E-state index contributed by atoms with van der Waals surface area (Å²) in [6, 6.07) is 7.28. The fraction of sp³-hybridized carbons (Fsp3) is 0.154. The van der Waals surface area contributed by atoms with Gasteiger partial charge in [-0.1, -0.05) is 30.4 Å². The van der Waals surface area contributed by atoms with E-state index >= 15 is 0 Å². The number of para-hydroxylation sites is 2. The smallest absolute Gasteiger partial charge is 0.248 e. The Kier molecular flexibility index (Phi) is 4.86. The summed E-state index contributed by atoms with van der Waals surface area (Å²) >= 11 is 0. The zero-order valence-corrected chi connectivity index (χ0v) is 9.44. The molecular weight excluding hydrogens is 202 g/mol. The van der Waals surface area contributed by atoms with Crippen LogP contribution >= 0.6 is 0 Å². The van der Waals surface area contributed by atoms with Gasteiger partial charge in [-0.2, -0.15) is 0 Å². The van der Waals surface area contributed by atoms with Crippen molar-refractivity contribution in [1.82, 2.24) is 0 Å². The fourth-order valence-corrected chi connectivity index (χ4v) is 1.18. The van der Waals surface area contributed by atoms with E-state index in [0.717, 1.165) is 0 Å². The first-order valence-corrected chi connectivity index (χ1v) is 5.01. The molecule has 3 heteroatoms. The zero-order valence-electron chi connectivity index (χ0n) is 9.44. The number of nitrogens with one attached hydrogen (secondary N) is 1. The molecule has 1 aromatic carbocycles. The van der Waals surface area contributed by atoms with Gasteiger partial charge in [-0.3, -0.25) is 4.79 Å². The monoisotopic (exact) mass is 217 g/mol. The first-order valence-electron chi connectivity index (χ1n) is 5.01. The van der Waals surface area contributed by atoms with Crippen LogP contribution in [0.4, 0.5) is 5.69 Å². The number of benzene rings is 1. The standard InChI is InChI=1S/C13H15NO2/c1-3-4-5-10-13(15)14-11-8-6-7-9-12(11)16-2/h3-10H,1-2H3,(H,14,15)/b4-3+,10-5+. The lowest BCUT2D eigenvalue weighted by Crippen LogP contribution is -2.08. The number of carbonyl (C=O) groups is 1. The van der Waals surface area contributed by atoms with Gasteiger partial charge in [0.2, 0.25) is 5.91 Å². The quantitative estimate of drug-likeness (QED) is 0.622. The van der Waals surface area contributed by atoms with E-state index in [9.17, 15) is 4.79 Å². The van der Waals surface area contributed by atoms with Crippen LogP contribution < -0.4 is 10.1 Å².